The fourth-order valence-electron chi connectivity index (χ4n) is 1.16. The summed E-state index contributed by atoms with van der Waals surface area (Å²) in [6, 6.07) is 10.5. The fraction of sp³-hybridized carbons (Fsp3) is 0.455. The van der Waals surface area contributed by atoms with Crippen LogP contribution in [-0.2, 0) is 0 Å². The number of benzene rings is 1. The summed E-state index contributed by atoms with van der Waals surface area (Å²) in [6.07, 6.45) is 0. The van der Waals surface area contributed by atoms with Crippen LogP contribution in [0.1, 0.15) is 0 Å². The third kappa shape index (κ3) is 3.47. The van der Waals surface area contributed by atoms with Gasteiger partial charge in [0.1, 0.15) is 0 Å². The largest absolute Gasteiger partial charge is 0.373 e. The number of likely N-dealkylation sites (N-methyl/N-ethyl adjacent to an activating group) is 2. The van der Waals surface area contributed by atoms with Crippen LogP contribution in [0.25, 0.3) is 0 Å². The van der Waals surface area contributed by atoms with Gasteiger partial charge in [-0.2, -0.15) is 0 Å². The van der Waals surface area contributed by atoms with Gasteiger partial charge >= 0.3 is 0 Å². The number of hydrogen-bond donors (Lipinski definition) is 0. The molecule has 0 atom stereocenters. The van der Waals surface area contributed by atoms with E-state index in [1.165, 1.54) is 5.69 Å². The minimum absolute atomic E-state index is 1.07. The van der Waals surface area contributed by atoms with Crippen LogP contribution >= 0.6 is 0 Å². The van der Waals surface area contributed by atoms with Crippen LogP contribution in [0.4, 0.5) is 5.69 Å². The summed E-state index contributed by atoms with van der Waals surface area (Å²) in [7, 11) is 6.32. The van der Waals surface area contributed by atoms with E-state index in [1.807, 2.05) is 6.07 Å². The number of anilines is 1. The van der Waals surface area contributed by atoms with Crippen molar-refractivity contribution in [3.63, 3.8) is 0 Å². The predicted octanol–water partition coefficient (Wildman–Crippen LogP) is 1.68. The molecule has 0 spiro atoms. The van der Waals surface area contributed by atoms with E-state index in [-0.39, 0.29) is 0 Å². The van der Waals surface area contributed by atoms with E-state index in [2.05, 4.69) is 55.2 Å². The zero-order valence-electron chi connectivity index (χ0n) is 8.70. The Bertz CT molecular complexity index is 231. The molecule has 13 heavy (non-hydrogen) atoms. The van der Waals surface area contributed by atoms with Crippen molar-refractivity contribution in [2.75, 3.05) is 39.1 Å². The summed E-state index contributed by atoms with van der Waals surface area (Å²) in [4.78, 5) is 4.46. The number of para-hydroxylation sites is 1. The highest BCUT2D eigenvalue weighted by Crippen LogP contribution is 2.09. The maximum atomic E-state index is 2.26. The Morgan fingerprint density at radius 3 is 2.08 bits per heavy atom. The molecule has 1 aromatic rings. The maximum Gasteiger partial charge on any atom is 0.0364 e. The van der Waals surface area contributed by atoms with E-state index in [0.717, 1.165) is 13.1 Å². The topological polar surface area (TPSA) is 6.48 Å². The Hall–Kier alpha value is -1.02. The zero-order valence-corrected chi connectivity index (χ0v) is 8.70. The highest BCUT2D eigenvalue weighted by molar-refractivity contribution is 5.44. The van der Waals surface area contributed by atoms with Crippen molar-refractivity contribution in [2.24, 2.45) is 0 Å². The smallest absolute Gasteiger partial charge is 0.0364 e. The minimum atomic E-state index is 1.07. The van der Waals surface area contributed by atoms with Gasteiger partial charge in [-0.25, -0.2) is 0 Å². The molecule has 72 valence electrons. The Morgan fingerprint density at radius 2 is 1.54 bits per heavy atom. The average molecular weight is 178 g/mol. The van der Waals surface area contributed by atoms with E-state index >= 15 is 0 Å². The van der Waals surface area contributed by atoms with Crippen molar-refractivity contribution >= 4 is 5.69 Å². The number of nitrogens with zero attached hydrogens (tertiary/aromatic N) is 2. The van der Waals surface area contributed by atoms with Gasteiger partial charge in [-0.05, 0) is 26.2 Å². The van der Waals surface area contributed by atoms with Gasteiger partial charge in [-0.3, -0.25) is 0 Å². The van der Waals surface area contributed by atoms with Gasteiger partial charge in [0.15, 0.2) is 0 Å². The molecule has 0 saturated heterocycles. The molecule has 1 rings (SSSR count). The van der Waals surface area contributed by atoms with E-state index in [1.54, 1.807) is 0 Å². The number of rotatable bonds is 4. The molecule has 0 aliphatic carbocycles. The molecular formula is C11H18N2. The maximum absolute atomic E-state index is 2.26. The predicted molar refractivity (Wildman–Crippen MR) is 58.3 cm³/mol. The zero-order chi connectivity index (χ0) is 9.68. The second kappa shape index (κ2) is 4.87. The van der Waals surface area contributed by atoms with E-state index in [0.29, 0.717) is 0 Å². The first-order valence-corrected chi connectivity index (χ1v) is 4.61. The highest BCUT2D eigenvalue weighted by Gasteiger charge is 1.98. The molecule has 0 fully saturated rings. The first-order valence-electron chi connectivity index (χ1n) is 4.61. The van der Waals surface area contributed by atoms with Crippen LogP contribution < -0.4 is 4.90 Å². The average Bonchev–Trinajstić information content (AvgIpc) is 2.15. The van der Waals surface area contributed by atoms with Crippen LogP contribution in [-0.4, -0.2) is 39.1 Å². The van der Waals surface area contributed by atoms with Gasteiger partial charge in [0.05, 0.1) is 0 Å². The molecular weight excluding hydrogens is 160 g/mol. The second-order valence-corrected chi connectivity index (χ2v) is 3.56. The van der Waals surface area contributed by atoms with Crippen molar-refractivity contribution in [1.82, 2.24) is 4.90 Å². The van der Waals surface area contributed by atoms with Crippen LogP contribution in [0.5, 0.6) is 0 Å². The quantitative estimate of drug-likeness (QED) is 0.692. The lowest BCUT2D eigenvalue weighted by Gasteiger charge is -2.21. The SMILES string of the molecule is CN(C)CCN(C)c1ccccc1. The Kier molecular flexibility index (Phi) is 3.77. The lowest BCUT2D eigenvalue weighted by molar-refractivity contribution is 0.416. The third-order valence-corrected chi connectivity index (χ3v) is 2.08. The Labute approximate surface area is 80.8 Å². The van der Waals surface area contributed by atoms with Crippen molar-refractivity contribution < 1.29 is 0 Å². The Balaban J connectivity index is 2.44. The summed E-state index contributed by atoms with van der Waals surface area (Å²) in [5, 5.41) is 0. The van der Waals surface area contributed by atoms with Gasteiger partial charge in [-0.15, -0.1) is 0 Å². The number of hydrogen-bond acceptors (Lipinski definition) is 2. The molecule has 0 bridgehead atoms. The molecule has 0 heterocycles. The molecule has 0 radical (unpaired) electrons. The van der Waals surface area contributed by atoms with Crippen LogP contribution in [0.3, 0.4) is 0 Å². The molecule has 0 aliphatic rings. The normalized spacial score (nSPS) is 10.5. The van der Waals surface area contributed by atoms with Crippen molar-refractivity contribution in [1.29, 1.82) is 0 Å². The summed E-state index contributed by atoms with van der Waals surface area (Å²) in [5.74, 6) is 0. The van der Waals surface area contributed by atoms with Crippen LogP contribution in [0.2, 0.25) is 0 Å². The molecule has 2 nitrogen and oxygen atoms in total. The summed E-state index contributed by atoms with van der Waals surface area (Å²) in [5.41, 5.74) is 1.28. The van der Waals surface area contributed by atoms with Gasteiger partial charge in [0.25, 0.3) is 0 Å². The lowest BCUT2D eigenvalue weighted by Crippen LogP contribution is -2.28. The van der Waals surface area contributed by atoms with Gasteiger partial charge in [-0.1, -0.05) is 18.2 Å². The van der Waals surface area contributed by atoms with Gasteiger partial charge < -0.3 is 9.80 Å². The summed E-state index contributed by atoms with van der Waals surface area (Å²) in [6.45, 7) is 2.16. The Morgan fingerprint density at radius 1 is 0.923 bits per heavy atom. The van der Waals surface area contributed by atoms with E-state index in [9.17, 15) is 0 Å². The van der Waals surface area contributed by atoms with E-state index in [4.69, 9.17) is 0 Å². The van der Waals surface area contributed by atoms with Gasteiger partial charge in [0.2, 0.25) is 0 Å². The first-order chi connectivity index (χ1) is 6.20. The molecule has 0 N–H and O–H groups in total. The standard InChI is InChI=1S/C11H18N2/c1-12(2)9-10-13(3)11-7-5-4-6-8-11/h4-8H,9-10H2,1-3H3. The van der Waals surface area contributed by atoms with Gasteiger partial charge in [0, 0.05) is 25.8 Å². The molecule has 0 aliphatic heterocycles. The second-order valence-electron chi connectivity index (χ2n) is 3.56. The van der Waals surface area contributed by atoms with Crippen LogP contribution in [0, 0.1) is 0 Å². The molecule has 0 unspecified atom stereocenters. The molecule has 2 heteroatoms. The van der Waals surface area contributed by atoms with Crippen molar-refractivity contribution in [3.8, 4) is 0 Å². The van der Waals surface area contributed by atoms with Crippen LogP contribution in [0.15, 0.2) is 30.3 Å². The fourth-order valence-corrected chi connectivity index (χ4v) is 1.16. The highest BCUT2D eigenvalue weighted by atomic mass is 15.1. The monoisotopic (exact) mass is 178 g/mol. The molecule has 1 aromatic carbocycles. The molecule has 0 saturated carbocycles. The third-order valence-electron chi connectivity index (χ3n) is 2.08. The van der Waals surface area contributed by atoms with E-state index < -0.39 is 0 Å². The molecule has 0 aromatic heterocycles. The summed E-state index contributed by atoms with van der Waals surface area (Å²) < 4.78 is 0. The van der Waals surface area contributed by atoms with Crippen molar-refractivity contribution in [3.05, 3.63) is 30.3 Å². The van der Waals surface area contributed by atoms with Crippen molar-refractivity contribution in [2.45, 2.75) is 0 Å². The first kappa shape index (κ1) is 10.1. The minimum Gasteiger partial charge on any atom is -0.373 e. The lowest BCUT2D eigenvalue weighted by atomic mass is 10.3. The summed E-state index contributed by atoms with van der Waals surface area (Å²) >= 11 is 0. The molecule has 0 amide bonds.